The molecule has 0 unspecified atom stereocenters. The first-order valence-electron chi connectivity index (χ1n) is 10.4. The summed E-state index contributed by atoms with van der Waals surface area (Å²) in [5.41, 5.74) is -0.919. The Labute approximate surface area is 194 Å². The van der Waals surface area contributed by atoms with E-state index in [-0.39, 0.29) is 13.1 Å². The number of carbonyl (C=O) groups is 1. The highest BCUT2D eigenvalue weighted by molar-refractivity contribution is 9.10. The summed E-state index contributed by atoms with van der Waals surface area (Å²) < 4.78 is 64.7. The maximum absolute atomic E-state index is 15.3. The predicted molar refractivity (Wildman–Crippen MR) is 116 cm³/mol. The Bertz CT molecular complexity index is 1030. The van der Waals surface area contributed by atoms with Gasteiger partial charge in [0.05, 0.1) is 11.9 Å². The van der Waals surface area contributed by atoms with Crippen LogP contribution in [0, 0.1) is 17.8 Å². The first-order valence-corrected chi connectivity index (χ1v) is 13.0. The van der Waals surface area contributed by atoms with Crippen molar-refractivity contribution in [2.75, 3.05) is 19.3 Å². The Hall–Kier alpha value is -1.43. The molecule has 32 heavy (non-hydrogen) atoms. The number of aromatic nitrogens is 1. The van der Waals surface area contributed by atoms with Crippen molar-refractivity contribution in [1.82, 2.24) is 9.88 Å². The number of alkyl halides is 2. The highest BCUT2D eigenvalue weighted by atomic mass is 79.9. The maximum atomic E-state index is 15.3. The number of fused-ring (bicyclic) bond motifs is 1. The zero-order valence-electron chi connectivity index (χ0n) is 17.9. The van der Waals surface area contributed by atoms with Crippen molar-refractivity contribution in [3.8, 4) is 0 Å². The lowest BCUT2D eigenvalue weighted by atomic mass is 9.59. The van der Waals surface area contributed by atoms with E-state index in [0.717, 1.165) is 10.7 Å². The number of carbonyl (C=O) groups excluding carboxylic acids is 1. The largest absolute Gasteiger partial charge is 0.461 e. The Morgan fingerprint density at radius 3 is 2.59 bits per heavy atom. The van der Waals surface area contributed by atoms with Gasteiger partial charge in [0.1, 0.15) is 17.7 Å². The van der Waals surface area contributed by atoms with E-state index < -0.39 is 63.9 Å². The third-order valence-corrected chi connectivity index (χ3v) is 7.92. The second kappa shape index (κ2) is 8.11. The van der Waals surface area contributed by atoms with E-state index in [9.17, 15) is 13.2 Å². The summed E-state index contributed by atoms with van der Waals surface area (Å²) in [5, 5.41) is 0. The van der Waals surface area contributed by atoms with Crippen LogP contribution in [0.4, 0.5) is 8.78 Å². The average Bonchev–Trinajstić information content (AvgIpc) is 2.89. The predicted octanol–water partition coefficient (Wildman–Crippen LogP) is 3.11. The number of cyclic esters (lactones) is 1. The number of likely N-dealkylation sites (tertiary alicyclic amines) is 1. The van der Waals surface area contributed by atoms with Gasteiger partial charge in [-0.05, 0) is 47.0 Å². The lowest BCUT2D eigenvalue weighted by Gasteiger charge is -2.56. The van der Waals surface area contributed by atoms with Crippen LogP contribution in [0.2, 0.25) is 0 Å². The molecule has 3 heterocycles. The van der Waals surface area contributed by atoms with Crippen molar-refractivity contribution in [2.24, 2.45) is 17.8 Å². The number of hydrogen-bond acceptors (Lipinski definition) is 7. The van der Waals surface area contributed by atoms with Crippen LogP contribution >= 0.6 is 15.9 Å². The summed E-state index contributed by atoms with van der Waals surface area (Å²) in [6.07, 6.45) is 4.06. The zero-order chi connectivity index (χ0) is 23.5. The van der Waals surface area contributed by atoms with Gasteiger partial charge in [0.15, 0.2) is 0 Å². The summed E-state index contributed by atoms with van der Waals surface area (Å²) >= 11 is 3.32. The maximum Gasteiger partial charge on any atom is 0.327 e. The molecule has 176 valence electrons. The van der Waals surface area contributed by atoms with Crippen molar-refractivity contribution >= 4 is 38.1 Å². The Morgan fingerprint density at radius 1 is 1.31 bits per heavy atom. The summed E-state index contributed by atoms with van der Waals surface area (Å²) in [4.78, 5) is 18.9. The lowest BCUT2D eigenvalue weighted by Crippen LogP contribution is -2.72. The molecule has 1 aliphatic carbocycles. The highest BCUT2D eigenvalue weighted by Gasteiger charge is 2.71. The lowest BCUT2D eigenvalue weighted by molar-refractivity contribution is -0.193. The van der Waals surface area contributed by atoms with Gasteiger partial charge in [-0.1, -0.05) is 13.0 Å². The summed E-state index contributed by atoms with van der Waals surface area (Å²) in [5.74, 6) is -5.99. The van der Waals surface area contributed by atoms with E-state index in [1.807, 2.05) is 6.07 Å². The van der Waals surface area contributed by atoms with Crippen LogP contribution in [0.25, 0.3) is 6.08 Å². The van der Waals surface area contributed by atoms with Gasteiger partial charge < -0.3 is 4.74 Å². The molecule has 11 heteroatoms. The molecule has 4 rings (SSSR count). The summed E-state index contributed by atoms with van der Waals surface area (Å²) in [7, 11) is -3.68. The Morgan fingerprint density at radius 2 is 2.00 bits per heavy atom. The molecule has 2 aliphatic heterocycles. The van der Waals surface area contributed by atoms with E-state index in [1.165, 1.54) is 6.92 Å². The van der Waals surface area contributed by atoms with Crippen LogP contribution in [0.1, 0.15) is 26.0 Å². The molecule has 5 atom stereocenters. The van der Waals surface area contributed by atoms with Gasteiger partial charge in [-0.2, -0.15) is 8.42 Å². The van der Waals surface area contributed by atoms with Crippen molar-refractivity contribution in [3.63, 3.8) is 0 Å². The molecule has 3 fully saturated rings. The smallest absolute Gasteiger partial charge is 0.327 e. The quantitative estimate of drug-likeness (QED) is 0.423. The summed E-state index contributed by atoms with van der Waals surface area (Å²) in [6.45, 7) is 3.36. The fourth-order valence-electron chi connectivity index (χ4n) is 5.31. The van der Waals surface area contributed by atoms with Gasteiger partial charge in [-0.15, -0.1) is 0 Å². The van der Waals surface area contributed by atoms with Crippen LogP contribution in [-0.4, -0.2) is 67.3 Å². The number of rotatable bonds is 5. The average molecular weight is 535 g/mol. The van der Waals surface area contributed by atoms with Gasteiger partial charge in [0, 0.05) is 42.0 Å². The number of ether oxygens (including phenoxy) is 1. The van der Waals surface area contributed by atoms with E-state index in [0.29, 0.717) is 5.69 Å². The van der Waals surface area contributed by atoms with E-state index >= 15 is 8.78 Å². The van der Waals surface area contributed by atoms with Crippen LogP contribution < -0.4 is 0 Å². The SMILES string of the molecule is C[C@H]1OC(=O)[C@]2(N3CC(OS(C)(=O)=O)C3)CC(F)(F)[C@@H](C)[C@H](C=Cc3ccc(Br)cn3)[C@H]12. The topological polar surface area (TPSA) is 85.8 Å². The van der Waals surface area contributed by atoms with Crippen molar-refractivity contribution < 1.29 is 30.9 Å². The minimum atomic E-state index is -3.68. The third-order valence-electron chi connectivity index (χ3n) is 6.83. The van der Waals surface area contributed by atoms with Gasteiger partial charge in [0.2, 0.25) is 0 Å². The second-order valence-corrected chi connectivity index (χ2v) is 11.5. The minimum Gasteiger partial charge on any atom is -0.461 e. The molecule has 2 saturated heterocycles. The van der Waals surface area contributed by atoms with Crippen LogP contribution in [0.15, 0.2) is 28.9 Å². The molecule has 1 saturated carbocycles. The van der Waals surface area contributed by atoms with Crippen LogP contribution in [0.3, 0.4) is 0 Å². The molecule has 7 nitrogen and oxygen atoms in total. The molecule has 0 N–H and O–H groups in total. The number of pyridine rings is 1. The molecular formula is C21H25BrF2N2O5S. The zero-order valence-corrected chi connectivity index (χ0v) is 20.3. The number of nitrogens with zero attached hydrogens (tertiary/aromatic N) is 2. The molecule has 0 spiro atoms. The Kier molecular flexibility index (Phi) is 6.01. The first-order chi connectivity index (χ1) is 14.8. The van der Waals surface area contributed by atoms with Crippen molar-refractivity contribution in [3.05, 3.63) is 34.6 Å². The monoisotopic (exact) mass is 534 g/mol. The Balaban J connectivity index is 1.67. The molecule has 3 aliphatic rings. The van der Waals surface area contributed by atoms with Crippen LogP contribution in [-0.2, 0) is 23.8 Å². The molecule has 0 amide bonds. The number of halogens is 3. The fourth-order valence-corrected chi connectivity index (χ4v) is 6.16. The standard InChI is InChI=1S/C21H25BrF2N2O5S/c1-12-17(7-6-15-5-4-14(22)8-25-15)18-13(2)30-19(27)20(18,11-21(12,23)24)26-9-16(10-26)31-32(3,28)29/h4-8,12-13,16-18H,9-11H2,1-3H3/t12-,13+,17-,18-,20-/m0/s1. The normalized spacial score (nSPS) is 35.5. The van der Waals surface area contributed by atoms with Gasteiger partial charge in [-0.3, -0.25) is 18.9 Å². The van der Waals surface area contributed by atoms with Gasteiger partial charge >= 0.3 is 5.97 Å². The molecule has 0 radical (unpaired) electrons. The highest BCUT2D eigenvalue weighted by Crippen LogP contribution is 2.58. The van der Waals surface area contributed by atoms with Crippen molar-refractivity contribution in [1.29, 1.82) is 0 Å². The molecule has 0 aromatic carbocycles. The second-order valence-electron chi connectivity index (χ2n) is 8.95. The minimum absolute atomic E-state index is 0.0700. The van der Waals surface area contributed by atoms with E-state index in [4.69, 9.17) is 8.92 Å². The molecule has 1 aromatic heterocycles. The number of allylic oxidation sites excluding steroid dienone is 1. The first kappa shape index (κ1) is 23.7. The number of esters is 1. The van der Waals surface area contributed by atoms with Gasteiger partial charge in [-0.25, -0.2) is 8.78 Å². The molecule has 1 aromatic rings. The van der Waals surface area contributed by atoms with E-state index in [2.05, 4.69) is 20.9 Å². The van der Waals surface area contributed by atoms with Gasteiger partial charge in [0.25, 0.3) is 16.0 Å². The third kappa shape index (κ3) is 4.12. The molecule has 0 bridgehead atoms. The fraction of sp³-hybridized carbons (Fsp3) is 0.619. The van der Waals surface area contributed by atoms with Crippen molar-refractivity contribution in [2.45, 2.75) is 43.9 Å². The molecular weight excluding hydrogens is 510 g/mol. The number of hydrogen-bond donors (Lipinski definition) is 0. The van der Waals surface area contributed by atoms with Crippen LogP contribution in [0.5, 0.6) is 0 Å². The summed E-state index contributed by atoms with van der Waals surface area (Å²) in [6, 6.07) is 3.57. The van der Waals surface area contributed by atoms with E-state index in [1.54, 1.807) is 36.2 Å².